The summed E-state index contributed by atoms with van der Waals surface area (Å²) in [6.07, 6.45) is 3.14. The highest BCUT2D eigenvalue weighted by Crippen LogP contribution is 2.33. The molecule has 0 unspecified atom stereocenters. The molecule has 6 heteroatoms. The maximum atomic E-state index is 9.99. The molecule has 0 atom stereocenters. The van der Waals surface area contributed by atoms with Crippen molar-refractivity contribution in [2.75, 3.05) is 24.6 Å². The van der Waals surface area contributed by atoms with Crippen LogP contribution in [0.3, 0.4) is 0 Å². The summed E-state index contributed by atoms with van der Waals surface area (Å²) in [5, 5.41) is 12.5. The lowest BCUT2D eigenvalue weighted by Crippen LogP contribution is -2.36. The van der Waals surface area contributed by atoms with E-state index in [2.05, 4.69) is 124 Å². The quantitative estimate of drug-likeness (QED) is 0.167. The first-order valence-corrected chi connectivity index (χ1v) is 15.3. The molecule has 3 aromatic rings. The summed E-state index contributed by atoms with van der Waals surface area (Å²) < 4.78 is 11.6. The normalized spacial score (nSPS) is 12.9. The number of ether oxygens (including phenoxy) is 1. The standard InChI is InChI=1S/C34H48N4OS/c1-10-19-38(20-11-2)29-15-14-26-22-28(13-12-27(26)23-29)31-17-16-30(37(31)9)25(3)32(24-35)40-36-34(7,8)18-21-39-33(4,5)6/h12-17,22-23,36H,10-11,18-21H2,1-9H3/b32-25+. The van der Waals surface area contributed by atoms with E-state index >= 15 is 0 Å². The third-order valence-corrected chi connectivity index (χ3v) is 8.37. The van der Waals surface area contributed by atoms with E-state index in [1.165, 1.54) is 34.0 Å². The number of rotatable bonds is 13. The summed E-state index contributed by atoms with van der Waals surface area (Å²) in [6, 6.07) is 20.2. The number of allylic oxidation sites excluding steroid dienone is 2. The lowest BCUT2D eigenvalue weighted by molar-refractivity contribution is -0.0101. The average Bonchev–Trinajstić information content (AvgIpc) is 3.28. The number of hydrogen-bond donors (Lipinski definition) is 1. The summed E-state index contributed by atoms with van der Waals surface area (Å²) in [6.45, 7) is 19.8. The van der Waals surface area contributed by atoms with Gasteiger partial charge in [-0.1, -0.05) is 32.0 Å². The Hall–Kier alpha value is -2.72. The van der Waals surface area contributed by atoms with Crippen LogP contribution in [0.5, 0.6) is 0 Å². The van der Waals surface area contributed by atoms with E-state index in [0.29, 0.717) is 11.5 Å². The molecule has 1 N–H and O–H groups in total. The van der Waals surface area contributed by atoms with Crippen LogP contribution in [0.2, 0.25) is 0 Å². The van der Waals surface area contributed by atoms with Gasteiger partial charge in [-0.25, -0.2) is 0 Å². The summed E-state index contributed by atoms with van der Waals surface area (Å²) in [7, 11) is 2.08. The molecule has 0 aliphatic carbocycles. The number of nitriles is 1. The molecule has 0 aliphatic heterocycles. The number of anilines is 1. The summed E-state index contributed by atoms with van der Waals surface area (Å²) >= 11 is 1.41. The zero-order valence-electron chi connectivity index (χ0n) is 26.0. The first-order valence-electron chi connectivity index (χ1n) is 14.5. The molecule has 216 valence electrons. The van der Waals surface area contributed by atoms with E-state index in [4.69, 9.17) is 4.74 Å². The maximum absolute atomic E-state index is 9.99. The molecule has 1 aromatic heterocycles. The van der Waals surface area contributed by atoms with E-state index in [0.717, 1.165) is 49.3 Å². The molecule has 0 saturated carbocycles. The van der Waals surface area contributed by atoms with E-state index in [1.54, 1.807) is 0 Å². The predicted molar refractivity (Wildman–Crippen MR) is 174 cm³/mol. The number of nitrogens with one attached hydrogen (secondary N) is 1. The largest absolute Gasteiger partial charge is 0.376 e. The SMILES string of the molecule is CCCN(CCC)c1ccc2cc(-c3ccc(/C(C)=C(\C#N)SNC(C)(C)CCOC(C)(C)C)n3C)ccc2c1. The van der Waals surface area contributed by atoms with E-state index in [-0.39, 0.29) is 11.1 Å². The molecule has 2 aromatic carbocycles. The molecule has 3 rings (SSSR count). The average molecular weight is 561 g/mol. The fourth-order valence-corrected chi connectivity index (χ4v) is 5.61. The van der Waals surface area contributed by atoms with Crippen LogP contribution in [0.15, 0.2) is 53.4 Å². The van der Waals surface area contributed by atoms with Gasteiger partial charge in [0.25, 0.3) is 0 Å². The van der Waals surface area contributed by atoms with Crippen molar-refractivity contribution in [3.63, 3.8) is 0 Å². The van der Waals surface area contributed by atoms with Crippen molar-refractivity contribution >= 4 is 34.0 Å². The number of nitrogens with zero attached hydrogens (tertiary/aromatic N) is 3. The van der Waals surface area contributed by atoms with Crippen LogP contribution in [0.25, 0.3) is 27.6 Å². The topological polar surface area (TPSA) is 53.2 Å². The molecule has 0 radical (unpaired) electrons. The number of hydrogen-bond acceptors (Lipinski definition) is 5. The Morgan fingerprint density at radius 1 is 0.975 bits per heavy atom. The van der Waals surface area contributed by atoms with Crippen LogP contribution in [0, 0.1) is 11.3 Å². The van der Waals surface area contributed by atoms with Crippen molar-refractivity contribution in [3.05, 3.63) is 59.1 Å². The van der Waals surface area contributed by atoms with Gasteiger partial charge in [0.15, 0.2) is 0 Å². The number of fused-ring (bicyclic) bond motifs is 1. The van der Waals surface area contributed by atoms with Gasteiger partial charge in [-0.15, -0.1) is 0 Å². The number of aromatic nitrogens is 1. The molecule has 40 heavy (non-hydrogen) atoms. The maximum Gasteiger partial charge on any atom is 0.108 e. The van der Waals surface area contributed by atoms with Crippen LogP contribution < -0.4 is 9.62 Å². The van der Waals surface area contributed by atoms with E-state index in [1.807, 2.05) is 6.92 Å². The minimum Gasteiger partial charge on any atom is -0.376 e. The lowest BCUT2D eigenvalue weighted by atomic mass is 10.0. The van der Waals surface area contributed by atoms with Crippen molar-refractivity contribution in [2.24, 2.45) is 7.05 Å². The van der Waals surface area contributed by atoms with Crippen LogP contribution in [-0.4, -0.2) is 35.4 Å². The van der Waals surface area contributed by atoms with Gasteiger partial charge < -0.3 is 14.2 Å². The van der Waals surface area contributed by atoms with Crippen molar-refractivity contribution in [2.45, 2.75) is 85.8 Å². The van der Waals surface area contributed by atoms with Crippen molar-refractivity contribution in [1.29, 1.82) is 5.26 Å². The minimum atomic E-state index is -0.174. The summed E-state index contributed by atoms with van der Waals surface area (Å²) in [5.74, 6) is 0. The third kappa shape index (κ3) is 8.39. The van der Waals surface area contributed by atoms with Crippen molar-refractivity contribution < 1.29 is 4.74 Å². The Bertz CT molecular complexity index is 1350. The first kappa shape index (κ1) is 31.8. The highest BCUT2D eigenvalue weighted by molar-refractivity contribution is 8.01. The highest BCUT2D eigenvalue weighted by atomic mass is 32.2. The van der Waals surface area contributed by atoms with Gasteiger partial charge in [-0.2, -0.15) is 5.26 Å². The lowest BCUT2D eigenvalue weighted by Gasteiger charge is -2.28. The second-order valence-corrected chi connectivity index (χ2v) is 13.1. The molecule has 0 saturated heterocycles. The molecular formula is C34H48N4OS. The molecule has 0 fully saturated rings. The molecule has 0 spiro atoms. The van der Waals surface area contributed by atoms with Crippen LogP contribution >= 0.6 is 11.9 Å². The molecular weight excluding hydrogens is 512 g/mol. The minimum absolute atomic E-state index is 0.153. The molecule has 0 aliphatic rings. The Labute approximate surface area is 246 Å². The Morgan fingerprint density at radius 3 is 2.25 bits per heavy atom. The van der Waals surface area contributed by atoms with Gasteiger partial charge >= 0.3 is 0 Å². The van der Waals surface area contributed by atoms with Crippen LogP contribution in [0.4, 0.5) is 5.69 Å². The van der Waals surface area contributed by atoms with Gasteiger partial charge in [-0.05, 0) is 125 Å². The smallest absolute Gasteiger partial charge is 0.108 e. The summed E-state index contributed by atoms with van der Waals surface area (Å²) in [4.78, 5) is 3.15. The third-order valence-electron chi connectivity index (χ3n) is 7.11. The fourth-order valence-electron chi connectivity index (χ4n) is 4.83. The molecule has 5 nitrogen and oxygen atoms in total. The second-order valence-electron chi connectivity index (χ2n) is 12.3. The highest BCUT2D eigenvalue weighted by Gasteiger charge is 2.21. The van der Waals surface area contributed by atoms with Gasteiger partial charge in [0.05, 0.1) is 5.60 Å². The molecule has 1 heterocycles. The fraction of sp³-hybridized carbons (Fsp3) is 0.500. The van der Waals surface area contributed by atoms with E-state index < -0.39 is 0 Å². The van der Waals surface area contributed by atoms with Crippen LogP contribution in [0.1, 0.15) is 80.3 Å². The van der Waals surface area contributed by atoms with Gasteiger partial charge in [0.2, 0.25) is 0 Å². The predicted octanol–water partition coefficient (Wildman–Crippen LogP) is 8.95. The first-order chi connectivity index (χ1) is 18.9. The Morgan fingerprint density at radius 2 is 1.62 bits per heavy atom. The summed E-state index contributed by atoms with van der Waals surface area (Å²) in [5.41, 5.74) is 5.28. The van der Waals surface area contributed by atoms with Gasteiger partial charge in [0.1, 0.15) is 11.0 Å². The Balaban J connectivity index is 1.80. The van der Waals surface area contributed by atoms with Gasteiger partial charge in [-0.3, -0.25) is 4.72 Å². The second kappa shape index (κ2) is 13.8. The molecule has 0 bridgehead atoms. The zero-order chi connectivity index (χ0) is 29.5. The van der Waals surface area contributed by atoms with Crippen molar-refractivity contribution in [3.8, 4) is 17.3 Å². The number of benzene rings is 2. The monoisotopic (exact) mass is 560 g/mol. The molecule has 0 amide bonds. The van der Waals surface area contributed by atoms with Crippen LogP contribution in [-0.2, 0) is 11.8 Å². The van der Waals surface area contributed by atoms with Crippen molar-refractivity contribution in [1.82, 2.24) is 9.29 Å². The van der Waals surface area contributed by atoms with Gasteiger partial charge in [0, 0.05) is 49.4 Å². The van der Waals surface area contributed by atoms with E-state index in [9.17, 15) is 5.26 Å². The Kier molecular flexibility index (Phi) is 10.9. The zero-order valence-corrected chi connectivity index (χ0v) is 26.8.